The first-order chi connectivity index (χ1) is 20.6. The van der Waals surface area contributed by atoms with Crippen molar-refractivity contribution >= 4 is 50.2 Å². The maximum absolute atomic E-state index is 14.7. The Labute approximate surface area is 260 Å². The molecule has 2 aromatic carbocycles. The van der Waals surface area contributed by atoms with Gasteiger partial charge in [-0.25, -0.2) is 9.37 Å². The van der Waals surface area contributed by atoms with E-state index in [-0.39, 0.29) is 40.5 Å². The van der Waals surface area contributed by atoms with Crippen molar-refractivity contribution in [2.24, 2.45) is 5.73 Å². The van der Waals surface area contributed by atoms with Gasteiger partial charge in [-0.2, -0.15) is 13.2 Å². The molecule has 2 aromatic heterocycles. The van der Waals surface area contributed by atoms with Gasteiger partial charge < -0.3 is 25.6 Å². The van der Waals surface area contributed by atoms with Gasteiger partial charge in [0.05, 0.1) is 24.4 Å². The predicted octanol–water partition coefficient (Wildman–Crippen LogP) is 5.18. The molecule has 230 valence electrons. The van der Waals surface area contributed by atoms with Crippen LogP contribution in [0.25, 0.3) is 22.2 Å². The number of ether oxygens (including phenoxy) is 2. The number of nitrogens with two attached hydrogens (primary N) is 1. The molecule has 5 rings (SSSR count). The van der Waals surface area contributed by atoms with E-state index in [0.717, 1.165) is 12.1 Å². The number of amides is 2. The molecule has 0 saturated carbocycles. The Morgan fingerprint density at radius 1 is 1.25 bits per heavy atom. The van der Waals surface area contributed by atoms with Crippen molar-refractivity contribution in [1.29, 1.82) is 0 Å². The number of hydrogen-bond donors (Lipinski definition) is 3. The van der Waals surface area contributed by atoms with Gasteiger partial charge in [-0.3, -0.25) is 14.6 Å². The van der Waals surface area contributed by atoms with Gasteiger partial charge in [0.2, 0.25) is 11.5 Å². The van der Waals surface area contributed by atoms with Gasteiger partial charge in [-0.15, -0.1) is 0 Å². The highest BCUT2D eigenvalue weighted by Gasteiger charge is 2.57. The average molecular weight is 698 g/mol. The van der Waals surface area contributed by atoms with Gasteiger partial charge in [0, 0.05) is 32.7 Å². The van der Waals surface area contributed by atoms with Crippen LogP contribution < -0.4 is 20.5 Å². The fourth-order valence-corrected chi connectivity index (χ4v) is 5.36. The quantitative estimate of drug-likeness (QED) is 0.227. The number of fused-ring (bicyclic) bond motifs is 2. The number of aromatic nitrogens is 2. The van der Waals surface area contributed by atoms with Gasteiger partial charge >= 0.3 is 6.18 Å². The Bertz CT molecular complexity index is 1840. The summed E-state index contributed by atoms with van der Waals surface area (Å²) in [4.78, 5) is 33.8. The number of benzene rings is 2. The summed E-state index contributed by atoms with van der Waals surface area (Å²) >= 11 is 9.42. The largest absolute Gasteiger partial charge is 0.494 e. The Morgan fingerprint density at radius 3 is 2.64 bits per heavy atom. The van der Waals surface area contributed by atoms with Gasteiger partial charge in [0.25, 0.3) is 5.91 Å². The zero-order chi connectivity index (χ0) is 32.2. The third-order valence-corrected chi connectivity index (χ3v) is 8.24. The zero-order valence-electron chi connectivity index (χ0n) is 22.9. The van der Waals surface area contributed by atoms with E-state index < -0.39 is 52.1 Å². The summed E-state index contributed by atoms with van der Waals surface area (Å²) in [6.07, 6.45) is -3.90. The lowest BCUT2D eigenvalue weighted by atomic mass is 9.81. The van der Waals surface area contributed by atoms with E-state index in [0.29, 0.717) is 15.4 Å². The molecule has 1 aliphatic heterocycles. The molecule has 4 aromatic rings. The van der Waals surface area contributed by atoms with Crippen LogP contribution in [0.2, 0.25) is 5.02 Å². The first kappa shape index (κ1) is 31.4. The maximum Gasteiger partial charge on any atom is 0.424 e. The van der Waals surface area contributed by atoms with Crippen LogP contribution in [0.3, 0.4) is 0 Å². The van der Waals surface area contributed by atoms with E-state index in [4.69, 9.17) is 26.8 Å². The van der Waals surface area contributed by atoms with Crippen molar-refractivity contribution in [2.75, 3.05) is 20.3 Å². The highest BCUT2D eigenvalue weighted by atomic mass is 79.9. The van der Waals surface area contributed by atoms with E-state index in [1.807, 2.05) is 0 Å². The van der Waals surface area contributed by atoms with Crippen LogP contribution in [0.15, 0.2) is 53.1 Å². The van der Waals surface area contributed by atoms with Crippen LogP contribution in [0.5, 0.6) is 11.5 Å². The van der Waals surface area contributed by atoms with Crippen molar-refractivity contribution in [3.8, 4) is 22.8 Å². The van der Waals surface area contributed by atoms with E-state index in [9.17, 15) is 32.3 Å². The fourth-order valence-electron chi connectivity index (χ4n) is 4.79. The minimum atomic E-state index is -5.41. The minimum absolute atomic E-state index is 0.0809. The molecular formula is C29H22BrClF4N4O5. The van der Waals surface area contributed by atoms with Gasteiger partial charge in [-0.1, -0.05) is 23.7 Å². The molecule has 0 aliphatic carbocycles. The molecule has 3 heterocycles. The number of pyridine rings is 2. The van der Waals surface area contributed by atoms with E-state index in [2.05, 4.69) is 31.2 Å². The Morgan fingerprint density at radius 2 is 1.98 bits per heavy atom. The summed E-state index contributed by atoms with van der Waals surface area (Å²) in [5.41, 5.74) is -1.19. The molecule has 44 heavy (non-hydrogen) atoms. The molecule has 0 unspecified atom stereocenters. The number of carbonyl (C=O) groups is 2. The fraction of sp³-hybridized carbons (Fsp3) is 0.241. The summed E-state index contributed by atoms with van der Waals surface area (Å²) in [6.45, 7) is -0.419. The normalized spacial score (nSPS) is 17.5. The molecule has 0 saturated heterocycles. The second-order valence-electron chi connectivity index (χ2n) is 10.3. The lowest BCUT2D eigenvalue weighted by Crippen LogP contribution is -2.51. The smallest absolute Gasteiger partial charge is 0.424 e. The molecule has 4 N–H and O–H groups in total. The summed E-state index contributed by atoms with van der Waals surface area (Å²) in [6, 6.07) is 8.73. The number of nitrogens with zero attached hydrogens (tertiary/aromatic N) is 2. The molecule has 1 aliphatic rings. The molecule has 15 heteroatoms. The first-order valence-electron chi connectivity index (χ1n) is 12.7. The van der Waals surface area contributed by atoms with E-state index in [1.165, 1.54) is 44.5 Å². The summed E-state index contributed by atoms with van der Waals surface area (Å²) in [7, 11) is 1.34. The third-order valence-electron chi connectivity index (χ3n) is 7.42. The molecule has 0 fully saturated rings. The van der Waals surface area contributed by atoms with Crippen molar-refractivity contribution in [1.82, 2.24) is 15.3 Å². The number of rotatable bonds is 7. The number of carbonyl (C=O) groups excluding carboxylic acids is 2. The summed E-state index contributed by atoms with van der Waals surface area (Å²) in [5, 5.41) is 13.3. The molecular weight excluding hydrogens is 676 g/mol. The second-order valence-corrected chi connectivity index (χ2v) is 11.6. The lowest BCUT2D eigenvalue weighted by molar-refractivity contribution is -0.265. The van der Waals surface area contributed by atoms with Crippen LogP contribution in [0, 0.1) is 5.82 Å². The number of aliphatic hydroxyl groups is 1. The number of alkyl halides is 3. The zero-order valence-corrected chi connectivity index (χ0v) is 25.2. The number of hydrogen-bond acceptors (Lipinski definition) is 7. The van der Waals surface area contributed by atoms with Crippen LogP contribution in [0.1, 0.15) is 28.5 Å². The Hall–Kier alpha value is -4.01. The standard InChI is InChI=1S/C29H22BrClF4N4O5/c1-27(26(36)41)12-44-24-17(27)9-20(39-23(24)16-4-3-5-18(32)21(16)31)28(42,29(33,34)35)11-38-25(40)14-6-13-7-15(30)10-37-22(13)19(8-14)43-2/h3-10,42H,11-12H2,1-2H3,(H2,36,41)(H,38,40)/t27-,28-/m0/s1. The number of nitrogens with one attached hydrogen (secondary N) is 1. The van der Waals surface area contributed by atoms with Crippen LogP contribution in [0.4, 0.5) is 17.6 Å². The van der Waals surface area contributed by atoms with Crippen LogP contribution >= 0.6 is 27.5 Å². The van der Waals surface area contributed by atoms with Crippen molar-refractivity contribution in [2.45, 2.75) is 24.1 Å². The highest BCUT2D eigenvalue weighted by molar-refractivity contribution is 9.10. The molecule has 2 amide bonds. The maximum atomic E-state index is 14.7. The monoisotopic (exact) mass is 696 g/mol. The molecule has 0 spiro atoms. The summed E-state index contributed by atoms with van der Waals surface area (Å²) in [5.74, 6) is -2.77. The molecule has 0 radical (unpaired) electrons. The van der Waals surface area contributed by atoms with Gasteiger partial charge in [0.1, 0.15) is 40.5 Å². The SMILES string of the molecule is COc1cc(C(=O)NC[C@](O)(c2cc3c(c(-c4cccc(F)c4Cl)n2)OC[C@]3(C)C(N)=O)C(F)(F)F)cc2cc(Br)cnc12. The topological polar surface area (TPSA) is 137 Å². The molecule has 2 atom stereocenters. The van der Waals surface area contributed by atoms with Crippen LogP contribution in [-0.4, -0.2) is 53.3 Å². The number of halogens is 6. The van der Waals surface area contributed by atoms with Crippen molar-refractivity contribution in [3.63, 3.8) is 0 Å². The van der Waals surface area contributed by atoms with E-state index >= 15 is 0 Å². The molecule has 0 bridgehead atoms. The summed E-state index contributed by atoms with van der Waals surface area (Å²) < 4.78 is 70.0. The highest BCUT2D eigenvalue weighted by Crippen LogP contribution is 2.49. The van der Waals surface area contributed by atoms with Crippen molar-refractivity contribution in [3.05, 3.63) is 80.8 Å². The van der Waals surface area contributed by atoms with Gasteiger partial charge in [-0.05, 0) is 53.2 Å². The number of primary amides is 1. The number of methoxy groups -OCH3 is 1. The Kier molecular flexibility index (Phi) is 7.97. The first-order valence-corrected chi connectivity index (χ1v) is 13.9. The lowest BCUT2D eigenvalue weighted by Gasteiger charge is -2.31. The average Bonchev–Trinajstić information content (AvgIpc) is 3.33. The third kappa shape index (κ3) is 5.20. The van der Waals surface area contributed by atoms with Crippen LogP contribution in [-0.2, 0) is 15.8 Å². The second kappa shape index (κ2) is 11.2. The molecule has 9 nitrogen and oxygen atoms in total. The Balaban J connectivity index is 1.62. The minimum Gasteiger partial charge on any atom is -0.494 e. The van der Waals surface area contributed by atoms with Crippen molar-refractivity contribution < 1.29 is 41.7 Å². The predicted molar refractivity (Wildman–Crippen MR) is 155 cm³/mol. The van der Waals surface area contributed by atoms with E-state index in [1.54, 1.807) is 6.07 Å². The van der Waals surface area contributed by atoms with Gasteiger partial charge in [0.15, 0.2) is 0 Å².